The van der Waals surface area contributed by atoms with E-state index in [9.17, 15) is 13.2 Å². The summed E-state index contributed by atoms with van der Waals surface area (Å²) in [5.41, 5.74) is 3.08. The van der Waals surface area contributed by atoms with E-state index in [1.807, 2.05) is 6.92 Å². The van der Waals surface area contributed by atoms with Crippen molar-refractivity contribution < 1.29 is 12.8 Å². The van der Waals surface area contributed by atoms with Gasteiger partial charge in [0.15, 0.2) is 5.58 Å². The lowest BCUT2D eigenvalue weighted by Gasteiger charge is -2.21. The number of aromatic amines is 1. The number of sulfonamides is 1. The Bertz CT molecular complexity index is 1530. The summed E-state index contributed by atoms with van der Waals surface area (Å²) in [6.45, 7) is 8.98. The van der Waals surface area contributed by atoms with Crippen molar-refractivity contribution in [3.05, 3.63) is 64.3 Å². The normalized spacial score (nSPS) is 12.1. The molecular weight excluding hydrogens is 456 g/mol. The van der Waals surface area contributed by atoms with Gasteiger partial charge in [-0.3, -0.25) is 4.98 Å². The van der Waals surface area contributed by atoms with Crippen molar-refractivity contribution >= 4 is 44.3 Å². The van der Waals surface area contributed by atoms with Crippen LogP contribution in [0, 0.1) is 13.8 Å². The highest BCUT2D eigenvalue weighted by Crippen LogP contribution is 2.26. The summed E-state index contributed by atoms with van der Waals surface area (Å²) < 4.78 is 33.4. The number of hydrogen-bond acceptors (Lipinski definition) is 8. The van der Waals surface area contributed by atoms with E-state index in [0.717, 1.165) is 5.56 Å². The van der Waals surface area contributed by atoms with Crippen LogP contribution in [-0.2, 0) is 10.0 Å². The van der Waals surface area contributed by atoms with Crippen molar-refractivity contribution in [1.29, 1.82) is 0 Å². The number of anilines is 4. The van der Waals surface area contributed by atoms with Gasteiger partial charge in [-0.25, -0.2) is 22.9 Å². The number of aryl methyl sites for hydroxylation is 2. The number of fused-ring (bicyclic) bond motifs is 1. The van der Waals surface area contributed by atoms with E-state index >= 15 is 0 Å². The van der Waals surface area contributed by atoms with E-state index in [2.05, 4.69) is 30.3 Å². The summed E-state index contributed by atoms with van der Waals surface area (Å²) in [7, 11) is -3.71. The van der Waals surface area contributed by atoms with E-state index in [0.29, 0.717) is 39.8 Å². The van der Waals surface area contributed by atoms with E-state index in [-0.39, 0.29) is 4.90 Å². The number of benzene rings is 2. The van der Waals surface area contributed by atoms with Gasteiger partial charge in [-0.2, -0.15) is 4.98 Å². The molecule has 34 heavy (non-hydrogen) atoms. The Morgan fingerprint density at radius 2 is 1.68 bits per heavy atom. The molecule has 0 atom stereocenters. The Morgan fingerprint density at radius 3 is 2.41 bits per heavy atom. The van der Waals surface area contributed by atoms with E-state index in [1.54, 1.807) is 70.3 Å². The molecule has 2 aromatic heterocycles. The molecule has 0 bridgehead atoms. The van der Waals surface area contributed by atoms with Crippen molar-refractivity contribution in [3.63, 3.8) is 0 Å². The lowest BCUT2D eigenvalue weighted by atomic mass is 10.1. The number of rotatable bonds is 6. The van der Waals surface area contributed by atoms with Crippen LogP contribution in [-0.4, -0.2) is 28.9 Å². The monoisotopic (exact) mass is 482 g/mol. The quantitative estimate of drug-likeness (QED) is 0.322. The van der Waals surface area contributed by atoms with Gasteiger partial charge in [0, 0.05) is 28.7 Å². The minimum absolute atomic E-state index is 0.181. The summed E-state index contributed by atoms with van der Waals surface area (Å²) in [5.74, 6) is 0.327. The second kappa shape index (κ2) is 8.58. The van der Waals surface area contributed by atoms with Crippen molar-refractivity contribution in [2.45, 2.75) is 45.1 Å². The Balaban J connectivity index is 1.60. The number of hydrogen-bond donors (Lipinski definition) is 4. The molecule has 0 saturated heterocycles. The van der Waals surface area contributed by atoms with Gasteiger partial charge in [0.25, 0.3) is 0 Å². The fraction of sp³-hybridized carbons (Fsp3) is 0.261. The zero-order chi connectivity index (χ0) is 24.7. The van der Waals surface area contributed by atoms with Crippen LogP contribution in [0.3, 0.4) is 0 Å². The molecule has 178 valence electrons. The number of oxazole rings is 1. The minimum Gasteiger partial charge on any atom is -0.408 e. The van der Waals surface area contributed by atoms with E-state index in [1.165, 1.54) is 0 Å². The molecule has 0 unspecified atom stereocenters. The first kappa shape index (κ1) is 23.5. The summed E-state index contributed by atoms with van der Waals surface area (Å²) in [6.07, 6.45) is 1.66. The van der Waals surface area contributed by atoms with Gasteiger partial charge >= 0.3 is 5.76 Å². The molecule has 0 spiro atoms. The molecular formula is C23H26N6O4S. The van der Waals surface area contributed by atoms with Crippen LogP contribution in [0.2, 0.25) is 0 Å². The van der Waals surface area contributed by atoms with Crippen molar-refractivity contribution in [2.75, 3.05) is 10.6 Å². The third-order valence-electron chi connectivity index (χ3n) is 4.83. The summed E-state index contributed by atoms with van der Waals surface area (Å²) in [4.78, 5) is 23.0. The lowest BCUT2D eigenvalue weighted by molar-refractivity contribution is 0.491. The highest BCUT2D eigenvalue weighted by Gasteiger charge is 2.24. The highest BCUT2D eigenvalue weighted by molar-refractivity contribution is 7.89. The van der Waals surface area contributed by atoms with Gasteiger partial charge in [-0.1, -0.05) is 6.07 Å². The first-order valence-corrected chi connectivity index (χ1v) is 12.0. The topological polar surface area (TPSA) is 142 Å². The number of nitrogens with one attached hydrogen (secondary N) is 4. The van der Waals surface area contributed by atoms with Gasteiger partial charge in [0.05, 0.1) is 10.4 Å². The fourth-order valence-electron chi connectivity index (χ4n) is 3.35. The average Bonchev–Trinajstić information content (AvgIpc) is 3.09. The molecule has 0 amide bonds. The van der Waals surface area contributed by atoms with Crippen LogP contribution in [0.15, 0.2) is 56.7 Å². The molecule has 0 aliphatic heterocycles. The summed E-state index contributed by atoms with van der Waals surface area (Å²) in [5, 5.41) is 6.29. The molecule has 0 radical (unpaired) electrons. The zero-order valence-corrected chi connectivity index (χ0v) is 20.3. The maximum absolute atomic E-state index is 12.9. The largest absolute Gasteiger partial charge is 0.417 e. The second-order valence-electron chi connectivity index (χ2n) is 9.04. The van der Waals surface area contributed by atoms with E-state index < -0.39 is 21.3 Å². The van der Waals surface area contributed by atoms with Crippen LogP contribution in [0.5, 0.6) is 0 Å². The van der Waals surface area contributed by atoms with Gasteiger partial charge in [-0.05, 0) is 70.5 Å². The standard InChI is InChI=1S/C23H26N6O4S/c1-13-6-7-16(11-19(13)34(31,32)29-23(3,4)5)26-21-24-12-14(2)20(28-21)25-15-8-9-18-17(10-15)27-22(30)33-18/h6-12,29H,1-5H3,(H,27,30)(H2,24,25,26,28). The molecule has 0 aliphatic rings. The molecule has 2 heterocycles. The third-order valence-corrected chi connectivity index (χ3v) is 6.73. The van der Waals surface area contributed by atoms with Crippen molar-refractivity contribution in [2.24, 2.45) is 0 Å². The van der Waals surface area contributed by atoms with E-state index in [4.69, 9.17) is 4.42 Å². The Hall–Kier alpha value is -3.70. The number of aromatic nitrogens is 3. The predicted molar refractivity (Wildman–Crippen MR) is 131 cm³/mol. The van der Waals surface area contributed by atoms with Crippen LogP contribution >= 0.6 is 0 Å². The molecule has 4 aromatic rings. The van der Waals surface area contributed by atoms with Crippen molar-refractivity contribution in [3.8, 4) is 0 Å². The van der Waals surface area contributed by atoms with Crippen molar-refractivity contribution in [1.82, 2.24) is 19.7 Å². The number of H-pyrrole nitrogens is 1. The maximum Gasteiger partial charge on any atom is 0.417 e. The first-order valence-electron chi connectivity index (χ1n) is 10.5. The molecule has 4 rings (SSSR count). The Labute approximate surface area is 196 Å². The van der Waals surface area contributed by atoms with Crippen LogP contribution in [0.1, 0.15) is 31.9 Å². The summed E-state index contributed by atoms with van der Waals surface area (Å²) in [6, 6.07) is 10.3. The fourth-order valence-corrected chi connectivity index (χ4v) is 5.04. The smallest absolute Gasteiger partial charge is 0.408 e. The minimum atomic E-state index is -3.71. The molecule has 0 saturated carbocycles. The Morgan fingerprint density at radius 1 is 0.971 bits per heavy atom. The summed E-state index contributed by atoms with van der Waals surface area (Å²) >= 11 is 0. The van der Waals surface area contributed by atoms with Crippen LogP contribution < -0.4 is 21.1 Å². The molecule has 0 aliphatic carbocycles. The molecule has 11 heteroatoms. The second-order valence-corrected chi connectivity index (χ2v) is 10.7. The zero-order valence-electron chi connectivity index (χ0n) is 19.5. The third kappa shape index (κ3) is 5.26. The first-order chi connectivity index (χ1) is 15.9. The lowest BCUT2D eigenvalue weighted by Crippen LogP contribution is -2.40. The van der Waals surface area contributed by atoms with Gasteiger partial charge in [0.2, 0.25) is 16.0 Å². The van der Waals surface area contributed by atoms with Crippen LogP contribution in [0.4, 0.5) is 23.1 Å². The maximum atomic E-state index is 12.9. The Kier molecular flexibility index (Phi) is 5.92. The molecule has 2 aromatic carbocycles. The average molecular weight is 483 g/mol. The van der Waals surface area contributed by atoms with Gasteiger partial charge < -0.3 is 15.1 Å². The molecule has 10 nitrogen and oxygen atoms in total. The van der Waals surface area contributed by atoms with Crippen LogP contribution in [0.25, 0.3) is 11.1 Å². The van der Waals surface area contributed by atoms with Gasteiger partial charge in [0.1, 0.15) is 5.82 Å². The predicted octanol–water partition coefficient (Wildman–Crippen LogP) is 4.09. The molecule has 4 N–H and O–H groups in total. The highest BCUT2D eigenvalue weighted by atomic mass is 32.2. The SMILES string of the molecule is Cc1ccc(Nc2ncc(C)c(Nc3ccc4oc(=O)[nH]c4c3)n2)cc1S(=O)(=O)NC(C)(C)C. The molecule has 0 fully saturated rings. The number of nitrogens with zero attached hydrogens (tertiary/aromatic N) is 2. The van der Waals surface area contributed by atoms with Gasteiger partial charge in [-0.15, -0.1) is 0 Å².